The van der Waals surface area contributed by atoms with Crippen LogP contribution in [0, 0.1) is 22.7 Å². The predicted octanol–water partition coefficient (Wildman–Crippen LogP) is 4.85. The molecule has 0 spiro atoms. The van der Waals surface area contributed by atoms with Crippen molar-refractivity contribution in [3.8, 4) is 12.1 Å². The van der Waals surface area contributed by atoms with Crippen LogP contribution in [0.4, 0.5) is 0 Å². The Bertz CT molecular complexity index is 742. The van der Waals surface area contributed by atoms with Gasteiger partial charge in [0.25, 0.3) is 0 Å². The molecule has 0 aliphatic carbocycles. The van der Waals surface area contributed by atoms with Gasteiger partial charge in [0, 0.05) is 10.6 Å². The number of benzene rings is 2. The van der Waals surface area contributed by atoms with E-state index in [1.165, 1.54) is 0 Å². The lowest BCUT2D eigenvalue weighted by Gasteiger charge is -2.03. The standard InChI is InChI=1S/C18H11ClN2/c19-17-9-7-15(8-10-17)18(16(12-20)13-21)11-6-14-4-2-1-3-5-14/h1-11H/b11-6+. The molecule has 0 aliphatic heterocycles. The summed E-state index contributed by atoms with van der Waals surface area (Å²) in [4.78, 5) is 0. The van der Waals surface area contributed by atoms with E-state index in [-0.39, 0.29) is 5.57 Å². The second kappa shape index (κ2) is 7.10. The fourth-order valence-corrected chi connectivity index (χ4v) is 1.97. The minimum atomic E-state index is 0.0736. The molecular weight excluding hydrogens is 280 g/mol. The lowest BCUT2D eigenvalue weighted by atomic mass is 9.99. The van der Waals surface area contributed by atoms with Gasteiger partial charge in [-0.05, 0) is 23.3 Å². The Kier molecular flexibility index (Phi) is 4.94. The van der Waals surface area contributed by atoms with Crippen molar-refractivity contribution in [2.75, 3.05) is 0 Å². The lowest BCUT2D eigenvalue weighted by molar-refractivity contribution is 1.46. The molecule has 2 nitrogen and oxygen atoms in total. The summed E-state index contributed by atoms with van der Waals surface area (Å²) in [6.45, 7) is 0. The van der Waals surface area contributed by atoms with Crippen molar-refractivity contribution < 1.29 is 0 Å². The second-order valence-electron chi connectivity index (χ2n) is 4.26. The highest BCUT2D eigenvalue weighted by Gasteiger charge is 2.06. The van der Waals surface area contributed by atoms with Gasteiger partial charge < -0.3 is 0 Å². The molecule has 0 aliphatic rings. The number of halogens is 1. The van der Waals surface area contributed by atoms with Gasteiger partial charge in [-0.1, -0.05) is 66.2 Å². The van der Waals surface area contributed by atoms with Gasteiger partial charge in [0.2, 0.25) is 0 Å². The molecule has 0 atom stereocenters. The predicted molar refractivity (Wildman–Crippen MR) is 85.1 cm³/mol. The average Bonchev–Trinajstić information content (AvgIpc) is 2.53. The van der Waals surface area contributed by atoms with Gasteiger partial charge in [-0.2, -0.15) is 10.5 Å². The molecule has 2 aromatic carbocycles. The van der Waals surface area contributed by atoms with E-state index in [2.05, 4.69) is 0 Å². The Morgan fingerprint density at radius 1 is 0.905 bits per heavy atom. The third kappa shape index (κ3) is 3.83. The fraction of sp³-hybridized carbons (Fsp3) is 0. The van der Waals surface area contributed by atoms with E-state index in [0.717, 1.165) is 11.1 Å². The van der Waals surface area contributed by atoms with Crippen molar-refractivity contribution in [3.05, 3.63) is 82.4 Å². The summed E-state index contributed by atoms with van der Waals surface area (Å²) in [5.74, 6) is 0. The van der Waals surface area contributed by atoms with Gasteiger partial charge in [-0.15, -0.1) is 0 Å². The number of allylic oxidation sites excluding steroid dienone is 3. The highest BCUT2D eigenvalue weighted by molar-refractivity contribution is 6.30. The van der Waals surface area contributed by atoms with E-state index in [9.17, 15) is 0 Å². The number of rotatable bonds is 3. The van der Waals surface area contributed by atoms with Gasteiger partial charge in [-0.25, -0.2) is 0 Å². The molecule has 3 heteroatoms. The van der Waals surface area contributed by atoms with Gasteiger partial charge in [0.15, 0.2) is 0 Å². The van der Waals surface area contributed by atoms with Crippen molar-refractivity contribution in [3.63, 3.8) is 0 Å². The first-order valence-corrected chi connectivity index (χ1v) is 6.66. The molecule has 2 aromatic rings. The third-order valence-electron chi connectivity index (χ3n) is 2.89. The molecule has 0 saturated carbocycles. The molecule has 0 unspecified atom stereocenters. The van der Waals surface area contributed by atoms with Crippen molar-refractivity contribution in [2.45, 2.75) is 0 Å². The van der Waals surface area contributed by atoms with Crippen LogP contribution in [0.25, 0.3) is 11.6 Å². The smallest absolute Gasteiger partial charge is 0.137 e. The summed E-state index contributed by atoms with van der Waals surface area (Å²) in [5, 5.41) is 18.9. The topological polar surface area (TPSA) is 47.6 Å². The summed E-state index contributed by atoms with van der Waals surface area (Å²) < 4.78 is 0. The number of nitrogens with zero attached hydrogens (tertiary/aromatic N) is 2. The van der Waals surface area contributed by atoms with E-state index < -0.39 is 0 Å². The zero-order chi connectivity index (χ0) is 15.1. The summed E-state index contributed by atoms with van der Waals surface area (Å²) in [6, 6.07) is 20.6. The fourth-order valence-electron chi connectivity index (χ4n) is 1.84. The first kappa shape index (κ1) is 14.6. The lowest BCUT2D eigenvalue weighted by Crippen LogP contribution is -1.86. The molecule has 21 heavy (non-hydrogen) atoms. The van der Waals surface area contributed by atoms with E-state index in [1.54, 1.807) is 30.3 Å². The summed E-state index contributed by atoms with van der Waals surface area (Å²) in [6.07, 6.45) is 3.65. The zero-order valence-corrected chi connectivity index (χ0v) is 11.9. The van der Waals surface area contributed by atoms with Crippen molar-refractivity contribution in [1.29, 1.82) is 10.5 Å². The highest BCUT2D eigenvalue weighted by Crippen LogP contribution is 2.23. The molecule has 0 N–H and O–H groups in total. The Hall–Kier alpha value is -2.81. The summed E-state index contributed by atoms with van der Waals surface area (Å²) >= 11 is 5.87. The van der Waals surface area contributed by atoms with Crippen LogP contribution in [0.3, 0.4) is 0 Å². The molecule has 0 amide bonds. The van der Waals surface area contributed by atoms with Crippen LogP contribution in [-0.4, -0.2) is 0 Å². The van der Waals surface area contributed by atoms with Crippen molar-refractivity contribution in [1.82, 2.24) is 0 Å². The van der Waals surface area contributed by atoms with Gasteiger partial charge in [-0.3, -0.25) is 0 Å². The van der Waals surface area contributed by atoms with Crippen LogP contribution < -0.4 is 0 Å². The highest BCUT2D eigenvalue weighted by atomic mass is 35.5. The van der Waals surface area contributed by atoms with E-state index in [4.69, 9.17) is 22.1 Å². The molecule has 0 fully saturated rings. The SMILES string of the molecule is N#CC(C#N)=C(/C=C/c1ccccc1)c1ccc(Cl)cc1. The van der Waals surface area contributed by atoms with Crippen LogP contribution in [0.2, 0.25) is 5.02 Å². The van der Waals surface area contributed by atoms with Gasteiger partial charge in [0.05, 0.1) is 0 Å². The van der Waals surface area contributed by atoms with Crippen LogP contribution >= 0.6 is 11.6 Å². The Balaban J connectivity index is 2.47. The Morgan fingerprint density at radius 2 is 1.52 bits per heavy atom. The molecule has 0 aromatic heterocycles. The van der Waals surface area contributed by atoms with Gasteiger partial charge >= 0.3 is 0 Å². The van der Waals surface area contributed by atoms with E-state index in [0.29, 0.717) is 10.6 Å². The molecule has 0 heterocycles. The molecule has 100 valence electrons. The Labute approximate surface area is 128 Å². The second-order valence-corrected chi connectivity index (χ2v) is 4.70. The van der Waals surface area contributed by atoms with Gasteiger partial charge in [0.1, 0.15) is 17.7 Å². The molecule has 0 bridgehead atoms. The first-order valence-electron chi connectivity index (χ1n) is 6.28. The molecular formula is C18H11ClN2. The molecule has 0 radical (unpaired) electrons. The summed E-state index contributed by atoms with van der Waals surface area (Å²) in [7, 11) is 0. The minimum absolute atomic E-state index is 0.0736. The number of hydrogen-bond donors (Lipinski definition) is 0. The average molecular weight is 291 g/mol. The van der Waals surface area contributed by atoms with E-state index >= 15 is 0 Å². The summed E-state index contributed by atoms with van der Waals surface area (Å²) in [5.41, 5.74) is 2.44. The minimum Gasteiger partial charge on any atom is -0.192 e. The third-order valence-corrected chi connectivity index (χ3v) is 3.14. The maximum absolute atomic E-state index is 9.12. The van der Waals surface area contributed by atoms with Crippen LogP contribution in [0.1, 0.15) is 11.1 Å². The normalized spacial score (nSPS) is 9.86. The maximum Gasteiger partial charge on any atom is 0.137 e. The van der Waals surface area contributed by atoms with Crippen LogP contribution in [-0.2, 0) is 0 Å². The maximum atomic E-state index is 9.12. The molecule has 2 rings (SSSR count). The van der Waals surface area contributed by atoms with Crippen molar-refractivity contribution in [2.24, 2.45) is 0 Å². The quantitative estimate of drug-likeness (QED) is 0.599. The number of nitriles is 2. The monoisotopic (exact) mass is 290 g/mol. The largest absolute Gasteiger partial charge is 0.192 e. The zero-order valence-electron chi connectivity index (χ0n) is 11.1. The first-order chi connectivity index (χ1) is 10.2. The van der Waals surface area contributed by atoms with Crippen LogP contribution in [0.5, 0.6) is 0 Å². The van der Waals surface area contributed by atoms with E-state index in [1.807, 2.05) is 48.5 Å². The molecule has 0 saturated heterocycles. The number of hydrogen-bond acceptors (Lipinski definition) is 2. The van der Waals surface area contributed by atoms with Crippen LogP contribution in [0.15, 0.2) is 66.2 Å². The Morgan fingerprint density at radius 3 is 2.10 bits per heavy atom. The van der Waals surface area contributed by atoms with Crippen molar-refractivity contribution >= 4 is 23.3 Å².